The zero-order valence-electron chi connectivity index (χ0n) is 17.2. The molecule has 1 amide bonds. The highest BCUT2D eigenvalue weighted by molar-refractivity contribution is 7.80. The summed E-state index contributed by atoms with van der Waals surface area (Å²) in [6.45, 7) is 2.46. The molecular weight excluding hydrogens is 474 g/mol. The van der Waals surface area contributed by atoms with Crippen molar-refractivity contribution < 1.29 is 29.1 Å². The zero-order chi connectivity index (χ0) is 24.0. The summed E-state index contributed by atoms with van der Waals surface area (Å²) in [4.78, 5) is 36.3. The lowest BCUT2D eigenvalue weighted by atomic mass is 10.1. The number of aliphatic carboxylic acids is 1. The van der Waals surface area contributed by atoms with Gasteiger partial charge in [0.05, 0.1) is 28.7 Å². The quantitative estimate of drug-likeness (QED) is 0.339. The van der Waals surface area contributed by atoms with E-state index in [1.165, 1.54) is 6.07 Å². The van der Waals surface area contributed by atoms with Gasteiger partial charge in [-0.2, -0.15) is 0 Å². The van der Waals surface area contributed by atoms with E-state index in [9.17, 15) is 24.8 Å². The molecule has 3 rings (SSSR count). The van der Waals surface area contributed by atoms with Crippen LogP contribution in [0.25, 0.3) is 0 Å². The number of nitrogens with one attached hydrogen (secondary N) is 1. The fourth-order valence-corrected chi connectivity index (χ4v) is 3.62. The topological polar surface area (TPSA) is 131 Å². The molecule has 12 heteroatoms. The molecule has 0 spiro atoms. The number of rotatable bonds is 7. The Hall–Kier alpha value is -3.28. The molecular formula is C21H20ClN3O7S. The van der Waals surface area contributed by atoms with Crippen molar-refractivity contribution in [3.8, 4) is 5.75 Å². The van der Waals surface area contributed by atoms with Crippen molar-refractivity contribution in [2.75, 3.05) is 26.3 Å². The third kappa shape index (κ3) is 6.60. The second kappa shape index (κ2) is 11.0. The van der Waals surface area contributed by atoms with E-state index >= 15 is 0 Å². The van der Waals surface area contributed by atoms with E-state index in [1.807, 2.05) is 4.90 Å². The molecule has 0 radical (unpaired) electrons. The molecule has 1 unspecified atom stereocenters. The number of morpholine rings is 1. The number of nitro benzene ring substituents is 1. The molecule has 33 heavy (non-hydrogen) atoms. The number of hydrogen-bond acceptors (Lipinski definition) is 7. The molecule has 1 saturated heterocycles. The fraction of sp³-hybridized carbons (Fsp3) is 0.286. The minimum atomic E-state index is -1.25. The van der Waals surface area contributed by atoms with E-state index in [4.69, 9.17) is 33.3 Å². The third-order valence-electron chi connectivity index (χ3n) is 4.85. The lowest BCUT2D eigenvalue weighted by Gasteiger charge is -2.28. The minimum absolute atomic E-state index is 0.000135. The molecule has 0 aromatic heterocycles. The lowest BCUT2D eigenvalue weighted by molar-refractivity contribution is -0.384. The van der Waals surface area contributed by atoms with Crippen LogP contribution in [0, 0.1) is 10.1 Å². The first-order valence-corrected chi connectivity index (χ1v) is 10.6. The van der Waals surface area contributed by atoms with Gasteiger partial charge >= 0.3 is 5.97 Å². The van der Waals surface area contributed by atoms with Crippen LogP contribution in [-0.4, -0.2) is 64.3 Å². The van der Waals surface area contributed by atoms with Crippen LogP contribution in [0.2, 0.25) is 5.02 Å². The largest absolute Gasteiger partial charge is 0.480 e. The van der Waals surface area contributed by atoms with Crippen molar-refractivity contribution in [2.45, 2.75) is 12.5 Å². The zero-order valence-corrected chi connectivity index (χ0v) is 18.8. The van der Waals surface area contributed by atoms with Crippen LogP contribution < -0.4 is 10.1 Å². The Balaban J connectivity index is 1.62. The first-order chi connectivity index (χ1) is 15.7. The summed E-state index contributed by atoms with van der Waals surface area (Å²) in [6, 6.07) is 8.77. The molecule has 0 bridgehead atoms. The second-order valence-electron chi connectivity index (χ2n) is 7.10. The smallest absolute Gasteiger partial charge is 0.326 e. The summed E-state index contributed by atoms with van der Waals surface area (Å²) in [5, 5.41) is 22.9. The summed E-state index contributed by atoms with van der Waals surface area (Å²) in [5.41, 5.74) is 0.303. The molecule has 1 atom stereocenters. The highest BCUT2D eigenvalue weighted by Gasteiger charge is 2.23. The number of nitrogens with zero attached hydrogens (tertiary/aromatic N) is 2. The molecule has 10 nitrogen and oxygen atoms in total. The number of benzene rings is 2. The Morgan fingerprint density at radius 2 is 1.91 bits per heavy atom. The molecule has 1 fully saturated rings. The van der Waals surface area contributed by atoms with Crippen molar-refractivity contribution >= 4 is 46.6 Å². The molecule has 1 aliphatic rings. The van der Waals surface area contributed by atoms with Gasteiger partial charge in [0.2, 0.25) is 0 Å². The van der Waals surface area contributed by atoms with Gasteiger partial charge in [-0.25, -0.2) is 4.79 Å². The van der Waals surface area contributed by atoms with Gasteiger partial charge in [0.25, 0.3) is 16.8 Å². The van der Waals surface area contributed by atoms with E-state index in [2.05, 4.69) is 5.32 Å². The Kier molecular flexibility index (Phi) is 8.15. The molecule has 2 N–H and O–H groups in total. The first-order valence-electron chi connectivity index (χ1n) is 9.85. The van der Waals surface area contributed by atoms with Gasteiger partial charge in [-0.15, -0.1) is 0 Å². The third-order valence-corrected chi connectivity index (χ3v) is 5.50. The summed E-state index contributed by atoms with van der Waals surface area (Å²) in [7, 11) is 0. The number of halogens is 1. The lowest BCUT2D eigenvalue weighted by Crippen LogP contribution is -2.42. The maximum absolute atomic E-state index is 12.5. The highest BCUT2D eigenvalue weighted by atomic mass is 35.5. The average molecular weight is 494 g/mol. The van der Waals surface area contributed by atoms with Gasteiger partial charge in [0.1, 0.15) is 11.8 Å². The first kappa shape index (κ1) is 24.4. The van der Waals surface area contributed by atoms with Crippen LogP contribution in [0.1, 0.15) is 15.9 Å². The number of non-ortho nitro benzene ring substituents is 1. The Morgan fingerprint density at radius 3 is 2.48 bits per heavy atom. The maximum Gasteiger partial charge on any atom is 0.326 e. The highest BCUT2D eigenvalue weighted by Crippen LogP contribution is 2.23. The Labute approximate surface area is 199 Å². The van der Waals surface area contributed by atoms with Gasteiger partial charge in [-0.05, 0) is 36.0 Å². The number of ether oxygens (including phenoxy) is 2. The standard InChI is InChI=1S/C21H20ClN3O7S/c22-17-12-14(25(29)30)3-6-16(17)19(26)23-18(20(27)28)11-13-1-4-15(5-2-13)32-21(33)24-7-9-31-10-8-24/h1-6,12,18H,7-11H2,(H,23,26)(H,27,28). The number of thiocarbonyl (C=S) groups is 1. The van der Waals surface area contributed by atoms with Crippen molar-refractivity contribution in [3.63, 3.8) is 0 Å². The van der Waals surface area contributed by atoms with Crippen LogP contribution in [0.5, 0.6) is 5.75 Å². The predicted octanol–water partition coefficient (Wildman–Crippen LogP) is 2.67. The molecule has 1 aliphatic heterocycles. The maximum atomic E-state index is 12.5. The van der Waals surface area contributed by atoms with E-state index < -0.39 is 22.8 Å². The number of carboxylic acid groups (broad SMARTS) is 1. The van der Waals surface area contributed by atoms with Gasteiger partial charge in [0.15, 0.2) is 0 Å². The van der Waals surface area contributed by atoms with Crippen LogP contribution in [-0.2, 0) is 16.0 Å². The normalized spacial score (nSPS) is 14.3. The molecule has 174 valence electrons. The summed E-state index contributed by atoms with van der Waals surface area (Å²) in [6.07, 6.45) is -0.000135. The van der Waals surface area contributed by atoms with Crippen LogP contribution in [0.15, 0.2) is 42.5 Å². The Morgan fingerprint density at radius 1 is 1.24 bits per heavy atom. The summed E-state index contributed by atoms with van der Waals surface area (Å²) in [5.74, 6) is -1.49. The predicted molar refractivity (Wildman–Crippen MR) is 123 cm³/mol. The average Bonchev–Trinajstić information content (AvgIpc) is 2.80. The second-order valence-corrected chi connectivity index (χ2v) is 7.86. The number of carbonyl (C=O) groups is 2. The molecule has 2 aromatic rings. The monoisotopic (exact) mass is 493 g/mol. The number of hydrogen-bond donors (Lipinski definition) is 2. The summed E-state index contributed by atoms with van der Waals surface area (Å²) < 4.78 is 11.0. The van der Waals surface area contributed by atoms with Gasteiger partial charge in [-0.3, -0.25) is 14.9 Å². The number of carbonyl (C=O) groups excluding carboxylic acids is 1. The molecule has 2 aromatic carbocycles. The van der Waals surface area contributed by atoms with Crippen molar-refractivity contribution in [1.82, 2.24) is 10.2 Å². The van der Waals surface area contributed by atoms with Crippen molar-refractivity contribution in [2.24, 2.45) is 0 Å². The van der Waals surface area contributed by atoms with E-state index in [-0.39, 0.29) is 22.7 Å². The summed E-state index contributed by atoms with van der Waals surface area (Å²) >= 11 is 11.3. The van der Waals surface area contributed by atoms with Crippen molar-refractivity contribution in [3.05, 3.63) is 68.7 Å². The van der Waals surface area contributed by atoms with Crippen LogP contribution in [0.4, 0.5) is 5.69 Å². The van der Waals surface area contributed by atoms with Gasteiger partial charge in [-0.1, -0.05) is 23.7 Å². The molecule has 0 saturated carbocycles. The Bertz CT molecular complexity index is 1060. The number of nitro groups is 1. The number of amides is 1. The SMILES string of the molecule is O=C(NC(Cc1ccc(OC(=S)N2CCOCC2)cc1)C(=O)O)c1ccc([N+](=O)[O-])cc1Cl. The van der Waals surface area contributed by atoms with Crippen LogP contribution in [0.3, 0.4) is 0 Å². The van der Waals surface area contributed by atoms with E-state index in [0.29, 0.717) is 42.8 Å². The molecule has 1 heterocycles. The molecule has 0 aliphatic carbocycles. The van der Waals surface area contributed by atoms with Gasteiger partial charge in [0, 0.05) is 31.6 Å². The van der Waals surface area contributed by atoms with Gasteiger partial charge < -0.3 is 24.8 Å². The fourth-order valence-electron chi connectivity index (χ4n) is 3.08. The van der Waals surface area contributed by atoms with Crippen LogP contribution >= 0.6 is 23.8 Å². The minimum Gasteiger partial charge on any atom is -0.480 e. The van der Waals surface area contributed by atoms with E-state index in [1.54, 1.807) is 24.3 Å². The van der Waals surface area contributed by atoms with Crippen molar-refractivity contribution in [1.29, 1.82) is 0 Å². The van der Waals surface area contributed by atoms with E-state index in [0.717, 1.165) is 12.1 Å². The number of carboxylic acids is 1.